The molecule has 0 radical (unpaired) electrons. The number of rotatable bonds is 9. The second kappa shape index (κ2) is 13.6. The second-order valence-corrected chi connectivity index (χ2v) is 11.6. The van der Waals surface area contributed by atoms with E-state index in [0.29, 0.717) is 19.5 Å². The first-order valence-corrected chi connectivity index (χ1v) is 15.3. The van der Waals surface area contributed by atoms with Crippen molar-refractivity contribution >= 4 is 17.9 Å². The minimum Gasteiger partial charge on any atom is -0.362 e. The summed E-state index contributed by atoms with van der Waals surface area (Å²) in [6, 6.07) is 27.5. The molecule has 0 unspecified atom stereocenters. The molecule has 6 rings (SSSR count). The van der Waals surface area contributed by atoms with Gasteiger partial charge in [-0.15, -0.1) is 0 Å². The number of aromatic amines is 1. The minimum absolute atomic E-state index is 0.0417. The molecule has 1 N–H and O–H groups in total. The Morgan fingerprint density at radius 3 is 2.40 bits per heavy atom. The number of aromatic nitrogens is 3. The van der Waals surface area contributed by atoms with Crippen molar-refractivity contribution in [2.24, 2.45) is 0 Å². The number of fused-ring (bicyclic) bond motifs is 1. The molecule has 7 heteroatoms. The first-order valence-electron chi connectivity index (χ1n) is 15.3. The highest BCUT2D eigenvalue weighted by Crippen LogP contribution is 2.24. The summed E-state index contributed by atoms with van der Waals surface area (Å²) in [5.74, 6) is -0.252. The molecule has 45 heavy (non-hydrogen) atoms. The first kappa shape index (κ1) is 29.8. The van der Waals surface area contributed by atoms with Gasteiger partial charge in [-0.3, -0.25) is 19.6 Å². The lowest BCUT2D eigenvalue weighted by atomic mass is 9.97. The largest absolute Gasteiger partial charge is 0.362 e. The van der Waals surface area contributed by atoms with Crippen LogP contribution in [0.25, 0.3) is 17.3 Å². The van der Waals surface area contributed by atoms with Crippen molar-refractivity contribution in [2.75, 3.05) is 6.54 Å². The number of nitrogens with zero attached hydrogens (tertiary/aromatic N) is 4. The fourth-order valence-electron chi connectivity index (χ4n) is 6.01. The average Bonchev–Trinajstić information content (AvgIpc) is 3.41. The Labute approximate surface area is 264 Å². The van der Waals surface area contributed by atoms with Crippen molar-refractivity contribution in [1.82, 2.24) is 24.8 Å². The molecule has 0 bridgehead atoms. The maximum absolute atomic E-state index is 14.5. The Kier molecular flexibility index (Phi) is 8.96. The summed E-state index contributed by atoms with van der Waals surface area (Å²) >= 11 is 0. The molecule has 0 fully saturated rings. The van der Waals surface area contributed by atoms with E-state index in [4.69, 9.17) is 0 Å². The van der Waals surface area contributed by atoms with Crippen molar-refractivity contribution in [3.05, 3.63) is 149 Å². The molecule has 226 valence electrons. The van der Waals surface area contributed by atoms with Crippen molar-refractivity contribution in [3.63, 3.8) is 0 Å². The third-order valence-corrected chi connectivity index (χ3v) is 8.42. The number of nitrogens with one attached hydrogen (secondary N) is 1. The molecule has 3 aromatic carbocycles. The lowest BCUT2D eigenvalue weighted by Crippen LogP contribution is -2.52. The normalized spacial score (nSPS) is 13.4. The maximum Gasteiger partial charge on any atom is 0.247 e. The Morgan fingerprint density at radius 1 is 0.933 bits per heavy atom. The second-order valence-electron chi connectivity index (χ2n) is 11.6. The third kappa shape index (κ3) is 7.10. The van der Waals surface area contributed by atoms with E-state index in [1.807, 2.05) is 97.6 Å². The molecule has 2 aromatic heterocycles. The molecule has 0 spiro atoms. The standard InChI is InChI=1S/C38H37N5O2/c1-27-22-33(28(2)41-27)16-17-37(44)43(25-30-12-14-32(15-13-30)35-24-39-19-20-40-35)36(23-29-8-4-3-5-9-29)38(45)42-21-18-31-10-6-7-11-34(31)26-42/h3-17,19-20,22,24,36,41H,18,21,23,25-26H2,1-2H3/t36-/m0/s1. The molecule has 2 amide bonds. The Bertz CT molecular complexity index is 1800. The van der Waals surface area contributed by atoms with Gasteiger partial charge in [0.15, 0.2) is 0 Å². The van der Waals surface area contributed by atoms with E-state index in [1.54, 1.807) is 29.6 Å². The SMILES string of the molecule is Cc1cc(C=CC(=O)N(Cc2ccc(-c3cnccn3)cc2)[C@@H](Cc2ccccc2)C(=O)N2CCc3ccccc3C2)c(C)[nH]1. The Hall–Kier alpha value is -5.30. The van der Waals surface area contributed by atoms with Gasteiger partial charge in [0, 0.05) is 61.5 Å². The van der Waals surface area contributed by atoms with E-state index in [-0.39, 0.29) is 18.4 Å². The Balaban J connectivity index is 1.35. The monoisotopic (exact) mass is 595 g/mol. The van der Waals surface area contributed by atoms with Crippen molar-refractivity contribution < 1.29 is 9.59 Å². The molecular formula is C38H37N5O2. The van der Waals surface area contributed by atoms with Gasteiger partial charge in [-0.05, 0) is 60.2 Å². The zero-order valence-electron chi connectivity index (χ0n) is 25.7. The van der Waals surface area contributed by atoms with Crippen LogP contribution in [0.4, 0.5) is 0 Å². The molecule has 0 saturated heterocycles. The van der Waals surface area contributed by atoms with Crippen LogP contribution < -0.4 is 0 Å². The topological polar surface area (TPSA) is 82.2 Å². The van der Waals surface area contributed by atoms with Gasteiger partial charge in [-0.2, -0.15) is 0 Å². The van der Waals surface area contributed by atoms with Crippen LogP contribution in [0.15, 0.2) is 110 Å². The average molecular weight is 596 g/mol. The smallest absolute Gasteiger partial charge is 0.247 e. The van der Waals surface area contributed by atoms with Crippen molar-refractivity contribution in [3.8, 4) is 11.3 Å². The summed E-state index contributed by atoms with van der Waals surface area (Å²) in [4.78, 5) is 44.2. The van der Waals surface area contributed by atoms with Gasteiger partial charge in [0.1, 0.15) is 6.04 Å². The van der Waals surface area contributed by atoms with Crippen molar-refractivity contribution in [1.29, 1.82) is 0 Å². The maximum atomic E-state index is 14.5. The molecule has 7 nitrogen and oxygen atoms in total. The van der Waals surface area contributed by atoms with E-state index >= 15 is 0 Å². The minimum atomic E-state index is -0.691. The summed E-state index contributed by atoms with van der Waals surface area (Å²) in [6.07, 6.45) is 9.69. The van der Waals surface area contributed by atoms with Crippen LogP contribution in [0.3, 0.4) is 0 Å². The van der Waals surface area contributed by atoms with Gasteiger partial charge in [0.05, 0.1) is 11.9 Å². The lowest BCUT2D eigenvalue weighted by molar-refractivity contribution is -0.144. The van der Waals surface area contributed by atoms with E-state index in [1.165, 1.54) is 5.56 Å². The van der Waals surface area contributed by atoms with Crippen LogP contribution >= 0.6 is 0 Å². The van der Waals surface area contributed by atoms with Crippen LogP contribution in [0.1, 0.15) is 39.2 Å². The lowest BCUT2D eigenvalue weighted by Gasteiger charge is -2.37. The molecular weight excluding hydrogens is 558 g/mol. The number of aryl methyl sites for hydroxylation is 2. The highest BCUT2D eigenvalue weighted by atomic mass is 16.2. The van der Waals surface area contributed by atoms with Gasteiger partial charge in [0.25, 0.3) is 0 Å². The van der Waals surface area contributed by atoms with Crippen LogP contribution in [0.2, 0.25) is 0 Å². The van der Waals surface area contributed by atoms with E-state index in [9.17, 15) is 9.59 Å². The van der Waals surface area contributed by atoms with Crippen LogP contribution in [0.5, 0.6) is 0 Å². The zero-order chi connectivity index (χ0) is 31.2. The number of hydrogen-bond donors (Lipinski definition) is 1. The first-order chi connectivity index (χ1) is 21.9. The summed E-state index contributed by atoms with van der Waals surface area (Å²) in [7, 11) is 0. The number of benzene rings is 3. The third-order valence-electron chi connectivity index (χ3n) is 8.42. The number of carbonyl (C=O) groups is 2. The molecule has 1 aliphatic rings. The summed E-state index contributed by atoms with van der Waals surface area (Å²) < 4.78 is 0. The molecule has 0 aliphatic carbocycles. The summed E-state index contributed by atoms with van der Waals surface area (Å²) in [6.45, 7) is 5.42. The van der Waals surface area contributed by atoms with Crippen molar-refractivity contribution in [2.45, 2.75) is 45.8 Å². The number of carbonyl (C=O) groups excluding carboxylic acids is 2. The Morgan fingerprint density at radius 2 is 1.69 bits per heavy atom. The van der Waals surface area contributed by atoms with Gasteiger partial charge in [-0.25, -0.2) is 0 Å². The van der Waals surface area contributed by atoms with Crippen LogP contribution in [-0.2, 0) is 35.5 Å². The number of amides is 2. The summed E-state index contributed by atoms with van der Waals surface area (Å²) in [5, 5.41) is 0. The molecule has 1 atom stereocenters. The highest BCUT2D eigenvalue weighted by molar-refractivity contribution is 5.96. The van der Waals surface area contributed by atoms with E-state index in [0.717, 1.165) is 51.3 Å². The fourth-order valence-corrected chi connectivity index (χ4v) is 6.01. The van der Waals surface area contributed by atoms with Gasteiger partial charge in [0.2, 0.25) is 11.8 Å². The zero-order valence-corrected chi connectivity index (χ0v) is 25.7. The van der Waals surface area contributed by atoms with Gasteiger partial charge < -0.3 is 14.8 Å². The summed E-state index contributed by atoms with van der Waals surface area (Å²) in [5.41, 5.74) is 9.05. The predicted molar refractivity (Wildman–Crippen MR) is 177 cm³/mol. The quantitative estimate of drug-likeness (QED) is 0.202. The van der Waals surface area contributed by atoms with E-state index < -0.39 is 6.04 Å². The van der Waals surface area contributed by atoms with E-state index in [2.05, 4.69) is 27.1 Å². The van der Waals surface area contributed by atoms with Gasteiger partial charge in [-0.1, -0.05) is 78.9 Å². The molecule has 5 aromatic rings. The molecule has 1 aliphatic heterocycles. The van der Waals surface area contributed by atoms with Crippen LogP contribution in [0, 0.1) is 13.8 Å². The fraction of sp³-hybridized carbons (Fsp3) is 0.211. The predicted octanol–water partition coefficient (Wildman–Crippen LogP) is 6.33. The number of hydrogen-bond acceptors (Lipinski definition) is 4. The number of H-pyrrole nitrogens is 1. The molecule has 3 heterocycles. The molecule has 0 saturated carbocycles. The van der Waals surface area contributed by atoms with Gasteiger partial charge >= 0.3 is 0 Å². The highest BCUT2D eigenvalue weighted by Gasteiger charge is 2.34. The van der Waals surface area contributed by atoms with Crippen LogP contribution in [-0.4, -0.2) is 49.2 Å².